The van der Waals surface area contributed by atoms with Gasteiger partial charge in [0.25, 0.3) is 0 Å². The van der Waals surface area contributed by atoms with Crippen molar-refractivity contribution in [3.63, 3.8) is 0 Å². The molecule has 2 aromatic carbocycles. The zero-order valence-electron chi connectivity index (χ0n) is 17.3. The summed E-state index contributed by atoms with van der Waals surface area (Å²) in [7, 11) is -3.67. The lowest BCUT2D eigenvalue weighted by Gasteiger charge is -2.13. The molecule has 160 valence electrons. The van der Waals surface area contributed by atoms with Gasteiger partial charge in [-0.15, -0.1) is 11.8 Å². The number of carbonyl (C=O) groups excluding carboxylic acids is 2. The van der Waals surface area contributed by atoms with Crippen molar-refractivity contribution in [2.45, 2.75) is 43.4 Å². The molecule has 0 fully saturated rings. The monoisotopic (exact) mass is 446 g/mol. The summed E-state index contributed by atoms with van der Waals surface area (Å²) in [5.41, 5.74) is 3.21. The zero-order valence-corrected chi connectivity index (χ0v) is 19.0. The normalized spacial score (nSPS) is 16.4. The van der Waals surface area contributed by atoms with E-state index in [-0.39, 0.29) is 34.8 Å². The molecule has 2 N–H and O–H groups in total. The van der Waals surface area contributed by atoms with Gasteiger partial charge >= 0.3 is 0 Å². The molecule has 0 radical (unpaired) electrons. The van der Waals surface area contributed by atoms with Crippen molar-refractivity contribution >= 4 is 44.8 Å². The summed E-state index contributed by atoms with van der Waals surface area (Å²) in [5, 5.41) is 5.66. The molecule has 6 nitrogen and oxygen atoms in total. The smallest absolute Gasteiger partial charge is 0.228 e. The lowest BCUT2D eigenvalue weighted by Crippen LogP contribution is -2.20. The molecule has 0 saturated carbocycles. The van der Waals surface area contributed by atoms with Gasteiger partial charge in [-0.3, -0.25) is 9.59 Å². The van der Waals surface area contributed by atoms with Gasteiger partial charge in [0.05, 0.1) is 16.3 Å². The van der Waals surface area contributed by atoms with Crippen LogP contribution in [-0.2, 0) is 25.8 Å². The fourth-order valence-corrected chi connectivity index (χ4v) is 5.49. The molecule has 30 heavy (non-hydrogen) atoms. The predicted molar refractivity (Wildman–Crippen MR) is 121 cm³/mol. The van der Waals surface area contributed by atoms with Gasteiger partial charge in [-0.05, 0) is 42.7 Å². The van der Waals surface area contributed by atoms with Crippen LogP contribution in [0, 0.1) is 12.8 Å². The van der Waals surface area contributed by atoms with Gasteiger partial charge in [0.1, 0.15) is 0 Å². The van der Waals surface area contributed by atoms with E-state index in [1.807, 2.05) is 39.0 Å². The Hall–Kier alpha value is -2.32. The molecule has 1 atom stereocenters. The Kier molecular flexibility index (Phi) is 6.88. The van der Waals surface area contributed by atoms with Gasteiger partial charge in [0, 0.05) is 28.7 Å². The zero-order chi connectivity index (χ0) is 21.9. The maximum absolute atomic E-state index is 12.8. The van der Waals surface area contributed by atoms with Crippen LogP contribution in [0.5, 0.6) is 0 Å². The molecule has 0 saturated heterocycles. The van der Waals surface area contributed by atoms with Gasteiger partial charge < -0.3 is 10.6 Å². The quantitative estimate of drug-likeness (QED) is 0.699. The number of benzene rings is 2. The number of amides is 2. The van der Waals surface area contributed by atoms with E-state index in [4.69, 9.17) is 0 Å². The number of nitrogens with one attached hydrogen (secondary N) is 2. The molecule has 1 aliphatic rings. The van der Waals surface area contributed by atoms with E-state index in [9.17, 15) is 18.0 Å². The first-order valence-electron chi connectivity index (χ1n) is 9.90. The first kappa shape index (κ1) is 22.4. The third-order valence-electron chi connectivity index (χ3n) is 5.11. The molecule has 0 bridgehead atoms. The van der Waals surface area contributed by atoms with Gasteiger partial charge in [-0.2, -0.15) is 0 Å². The Bertz CT molecular complexity index is 1080. The van der Waals surface area contributed by atoms with E-state index in [0.29, 0.717) is 11.4 Å². The fraction of sp³-hybridized carbons (Fsp3) is 0.364. The van der Waals surface area contributed by atoms with Crippen LogP contribution in [-0.4, -0.2) is 31.7 Å². The highest BCUT2D eigenvalue weighted by atomic mass is 32.2. The van der Waals surface area contributed by atoms with Crippen LogP contribution in [0.4, 0.5) is 11.4 Å². The number of sulfone groups is 1. The SMILES string of the molecule is CCc1cccc(C)c1NC(=O)CCS(=O)(=O)c1ccc2c(c1)NC(=O)C(C)CS2. The average molecular weight is 447 g/mol. The van der Waals surface area contributed by atoms with Crippen LogP contribution in [0.25, 0.3) is 0 Å². The molecule has 1 heterocycles. The van der Waals surface area contributed by atoms with Crippen LogP contribution in [0.1, 0.15) is 31.4 Å². The molecule has 2 aromatic rings. The van der Waals surface area contributed by atoms with E-state index in [1.165, 1.54) is 23.9 Å². The first-order valence-corrected chi connectivity index (χ1v) is 12.5. The Morgan fingerprint density at radius 3 is 2.77 bits per heavy atom. The van der Waals surface area contributed by atoms with Crippen LogP contribution in [0.15, 0.2) is 46.2 Å². The summed E-state index contributed by atoms with van der Waals surface area (Å²) in [6.45, 7) is 5.75. The Morgan fingerprint density at radius 1 is 1.27 bits per heavy atom. The Morgan fingerprint density at radius 2 is 2.03 bits per heavy atom. The lowest BCUT2D eigenvalue weighted by molar-refractivity contribution is -0.118. The van der Waals surface area contributed by atoms with Crippen LogP contribution in [0.2, 0.25) is 0 Å². The minimum atomic E-state index is -3.67. The van der Waals surface area contributed by atoms with Crippen molar-refractivity contribution in [1.82, 2.24) is 0 Å². The van der Waals surface area contributed by atoms with Gasteiger partial charge in [0.15, 0.2) is 9.84 Å². The van der Waals surface area contributed by atoms with Crippen LogP contribution < -0.4 is 10.6 Å². The maximum atomic E-state index is 12.8. The minimum absolute atomic E-state index is 0.106. The molecule has 0 aromatic heterocycles. The summed E-state index contributed by atoms with van der Waals surface area (Å²) in [6, 6.07) is 10.5. The van der Waals surface area contributed by atoms with Crippen molar-refractivity contribution < 1.29 is 18.0 Å². The predicted octanol–water partition coefficient (Wildman–Crippen LogP) is 4.04. The van der Waals surface area contributed by atoms with Crippen LogP contribution in [0.3, 0.4) is 0 Å². The number of thioether (sulfide) groups is 1. The molecule has 2 amide bonds. The second-order valence-corrected chi connectivity index (χ2v) is 10.6. The number of rotatable bonds is 6. The molecule has 1 unspecified atom stereocenters. The van der Waals surface area contributed by atoms with E-state index < -0.39 is 9.84 Å². The Balaban J connectivity index is 1.71. The molecule has 8 heteroatoms. The van der Waals surface area contributed by atoms with E-state index in [0.717, 1.165) is 28.1 Å². The third-order valence-corrected chi connectivity index (χ3v) is 8.15. The van der Waals surface area contributed by atoms with Crippen molar-refractivity contribution in [2.24, 2.45) is 5.92 Å². The number of hydrogen-bond acceptors (Lipinski definition) is 5. The Labute approximate surface area is 181 Å². The summed E-state index contributed by atoms with van der Waals surface area (Å²) in [4.78, 5) is 25.5. The van der Waals surface area contributed by atoms with Gasteiger partial charge in [0.2, 0.25) is 11.8 Å². The number of hydrogen-bond donors (Lipinski definition) is 2. The first-order chi connectivity index (χ1) is 14.2. The van der Waals surface area contributed by atoms with Gasteiger partial charge in [-0.1, -0.05) is 32.0 Å². The standard InChI is InChI=1S/C22H26N2O4S2/c1-4-16-7-5-6-14(2)21(16)24-20(25)10-11-30(27,28)17-8-9-19-18(12-17)23-22(26)15(3)13-29-19/h5-9,12,15H,4,10-11,13H2,1-3H3,(H,23,26)(H,24,25). The third kappa shape index (κ3) is 5.05. The number of para-hydroxylation sites is 1. The highest BCUT2D eigenvalue weighted by molar-refractivity contribution is 7.99. The average Bonchev–Trinajstić information content (AvgIpc) is 2.86. The second kappa shape index (κ2) is 9.22. The highest BCUT2D eigenvalue weighted by Crippen LogP contribution is 2.34. The number of aryl methyl sites for hydroxylation is 2. The van der Waals surface area contributed by atoms with Crippen molar-refractivity contribution in [2.75, 3.05) is 22.1 Å². The van der Waals surface area contributed by atoms with Crippen molar-refractivity contribution in [1.29, 1.82) is 0 Å². The number of fused-ring (bicyclic) bond motifs is 1. The van der Waals surface area contributed by atoms with Gasteiger partial charge in [-0.25, -0.2) is 8.42 Å². The topological polar surface area (TPSA) is 92.3 Å². The molecule has 0 spiro atoms. The van der Waals surface area contributed by atoms with E-state index in [1.54, 1.807) is 6.07 Å². The molecular formula is C22H26N2O4S2. The molecular weight excluding hydrogens is 420 g/mol. The largest absolute Gasteiger partial charge is 0.326 e. The number of anilines is 2. The van der Waals surface area contributed by atoms with E-state index in [2.05, 4.69) is 10.6 Å². The maximum Gasteiger partial charge on any atom is 0.228 e. The number of carbonyl (C=O) groups is 2. The molecule has 0 aliphatic carbocycles. The van der Waals surface area contributed by atoms with Crippen molar-refractivity contribution in [3.8, 4) is 0 Å². The van der Waals surface area contributed by atoms with Crippen LogP contribution >= 0.6 is 11.8 Å². The summed E-state index contributed by atoms with van der Waals surface area (Å²) in [6.07, 6.45) is 0.627. The lowest BCUT2D eigenvalue weighted by atomic mass is 10.1. The van der Waals surface area contributed by atoms with Crippen molar-refractivity contribution in [3.05, 3.63) is 47.5 Å². The van der Waals surface area contributed by atoms with E-state index >= 15 is 0 Å². The minimum Gasteiger partial charge on any atom is -0.326 e. The highest BCUT2D eigenvalue weighted by Gasteiger charge is 2.23. The summed E-state index contributed by atoms with van der Waals surface area (Å²) >= 11 is 1.52. The molecule has 3 rings (SSSR count). The fourth-order valence-electron chi connectivity index (χ4n) is 3.22. The summed E-state index contributed by atoms with van der Waals surface area (Å²) < 4.78 is 25.6. The molecule has 1 aliphatic heterocycles. The second-order valence-electron chi connectivity index (χ2n) is 7.44. The summed E-state index contributed by atoms with van der Waals surface area (Å²) in [5.74, 6) is -0.276.